The van der Waals surface area contributed by atoms with Crippen LogP contribution in [0.5, 0.6) is 0 Å². The maximum absolute atomic E-state index is 10.8. The molecule has 0 fully saturated rings. The third-order valence-corrected chi connectivity index (χ3v) is 1.55. The fourth-order valence-electron chi connectivity index (χ4n) is 0.260. The fourth-order valence-corrected chi connectivity index (χ4v) is 0.561. The maximum Gasteiger partial charge on any atom is 0.253 e. The van der Waals surface area contributed by atoms with Gasteiger partial charge in [0.05, 0.1) is 0 Å². The Hall–Kier alpha value is -0.420. The van der Waals surface area contributed by atoms with Gasteiger partial charge in [0, 0.05) is 5.57 Å². The van der Waals surface area contributed by atoms with Crippen molar-refractivity contribution in [2.24, 2.45) is 5.73 Å². The van der Waals surface area contributed by atoms with Crippen LogP contribution in [0, 0.1) is 0 Å². The second-order valence-electron chi connectivity index (χ2n) is 1.61. The van der Waals surface area contributed by atoms with E-state index >= 15 is 0 Å². The number of amides is 1. The summed E-state index contributed by atoms with van der Waals surface area (Å²) in [5, 5.41) is 2.25. The number of carbonyl (C=O) groups excluding carboxylic acids is 1. The van der Waals surface area contributed by atoms with Crippen molar-refractivity contribution in [1.29, 1.82) is 0 Å². The first-order chi connectivity index (χ1) is 4.57. The molecule has 0 aromatic carbocycles. The molecule has 56 valence electrons. The van der Waals surface area contributed by atoms with Gasteiger partial charge in [-0.1, -0.05) is 15.9 Å². The largest absolute Gasteiger partial charge is 0.376 e. The van der Waals surface area contributed by atoms with Crippen molar-refractivity contribution in [3.8, 4) is 0 Å². The van der Waals surface area contributed by atoms with Crippen LogP contribution in [-0.2, 0) is 4.79 Å². The number of halogens is 1. The van der Waals surface area contributed by atoms with E-state index < -0.39 is 0 Å². The molecule has 5 heteroatoms. The smallest absolute Gasteiger partial charge is 0.253 e. The van der Waals surface area contributed by atoms with Crippen LogP contribution in [0.4, 0.5) is 0 Å². The van der Waals surface area contributed by atoms with E-state index in [9.17, 15) is 4.79 Å². The van der Waals surface area contributed by atoms with Crippen molar-refractivity contribution in [1.82, 2.24) is 5.32 Å². The zero-order valence-electron chi connectivity index (χ0n) is 5.35. The number of hydrogen-bond acceptors (Lipinski definition) is 2. The average Bonchev–Trinajstić information content (AvgIpc) is 1.85. The van der Waals surface area contributed by atoms with Crippen LogP contribution in [0.2, 0.25) is 0 Å². The molecule has 0 saturated carbocycles. The summed E-state index contributed by atoms with van der Waals surface area (Å²) in [5.74, 6) is -0.288. The summed E-state index contributed by atoms with van der Waals surface area (Å²) in [6.07, 6.45) is 0. The summed E-state index contributed by atoms with van der Waals surface area (Å²) in [4.78, 5) is 12.3. The molecule has 0 aliphatic heterocycles. The number of nitrogens with one attached hydrogen (secondary N) is 1. The van der Waals surface area contributed by atoms with Crippen molar-refractivity contribution in [3.05, 3.63) is 10.6 Å². The maximum atomic E-state index is 10.8. The number of hydrogen-bond donors (Lipinski definition) is 2. The van der Waals surface area contributed by atoms with Crippen LogP contribution in [0.1, 0.15) is 6.92 Å². The van der Waals surface area contributed by atoms with Gasteiger partial charge in [0.1, 0.15) is 0 Å². The lowest BCUT2D eigenvalue weighted by molar-refractivity contribution is -0.116. The molecule has 1 amide bonds. The molecule has 0 bridgehead atoms. The van der Waals surface area contributed by atoms with Gasteiger partial charge >= 0.3 is 0 Å². The molecule has 3 N–H and O–H groups in total. The third kappa shape index (κ3) is 3.58. The van der Waals surface area contributed by atoms with Crippen molar-refractivity contribution in [2.75, 3.05) is 0 Å². The SMILES string of the molecule is C/C(=C\Br)C(=O)NC(N)=S. The topological polar surface area (TPSA) is 55.1 Å². The van der Waals surface area contributed by atoms with Gasteiger partial charge in [-0.15, -0.1) is 0 Å². The highest BCUT2D eigenvalue weighted by atomic mass is 79.9. The Labute approximate surface area is 72.8 Å². The van der Waals surface area contributed by atoms with Gasteiger partial charge in [0.25, 0.3) is 5.91 Å². The molecule has 0 aliphatic rings. The molecule has 0 unspecified atom stereocenters. The molecule has 0 aromatic heterocycles. The minimum Gasteiger partial charge on any atom is -0.376 e. The predicted octanol–water partition coefficient (Wildman–Crippen LogP) is 0.645. The monoisotopic (exact) mass is 222 g/mol. The van der Waals surface area contributed by atoms with Crippen molar-refractivity contribution in [3.63, 3.8) is 0 Å². The van der Waals surface area contributed by atoms with E-state index in [0.717, 1.165) is 0 Å². The Morgan fingerprint density at radius 1 is 1.80 bits per heavy atom. The van der Waals surface area contributed by atoms with Crippen molar-refractivity contribution >= 4 is 39.2 Å². The van der Waals surface area contributed by atoms with E-state index in [-0.39, 0.29) is 11.0 Å². The van der Waals surface area contributed by atoms with Gasteiger partial charge in [-0.2, -0.15) is 0 Å². The second-order valence-corrected chi connectivity index (χ2v) is 2.51. The Kier molecular flexibility index (Phi) is 4.22. The molecule has 0 aliphatic carbocycles. The van der Waals surface area contributed by atoms with E-state index in [0.29, 0.717) is 5.57 Å². The van der Waals surface area contributed by atoms with Crippen LogP contribution in [0.25, 0.3) is 0 Å². The van der Waals surface area contributed by atoms with Crippen LogP contribution in [0.15, 0.2) is 10.6 Å². The Morgan fingerprint density at radius 3 is 2.60 bits per heavy atom. The summed E-state index contributed by atoms with van der Waals surface area (Å²) < 4.78 is 0. The highest BCUT2D eigenvalue weighted by Crippen LogP contribution is 1.95. The summed E-state index contributed by atoms with van der Waals surface area (Å²) in [7, 11) is 0. The van der Waals surface area contributed by atoms with Gasteiger partial charge in [0.2, 0.25) is 0 Å². The number of carbonyl (C=O) groups is 1. The highest BCUT2D eigenvalue weighted by molar-refractivity contribution is 9.11. The molecule has 0 radical (unpaired) electrons. The highest BCUT2D eigenvalue weighted by Gasteiger charge is 2.01. The Bertz CT molecular complexity index is 190. The average molecular weight is 223 g/mol. The van der Waals surface area contributed by atoms with Gasteiger partial charge < -0.3 is 5.73 Å². The lowest BCUT2D eigenvalue weighted by Crippen LogP contribution is -2.35. The summed E-state index contributed by atoms with van der Waals surface area (Å²) in [5.41, 5.74) is 5.56. The van der Waals surface area contributed by atoms with Gasteiger partial charge in [-0.05, 0) is 24.1 Å². The van der Waals surface area contributed by atoms with Crippen molar-refractivity contribution < 1.29 is 4.79 Å². The molecule has 0 atom stereocenters. The third-order valence-electron chi connectivity index (χ3n) is 0.759. The lowest BCUT2D eigenvalue weighted by atomic mass is 10.3. The van der Waals surface area contributed by atoms with E-state index in [1.54, 1.807) is 6.92 Å². The summed E-state index contributed by atoms with van der Waals surface area (Å²) >= 11 is 7.44. The summed E-state index contributed by atoms with van der Waals surface area (Å²) in [6, 6.07) is 0. The van der Waals surface area contributed by atoms with E-state index in [4.69, 9.17) is 5.73 Å². The Balaban J connectivity index is 3.99. The van der Waals surface area contributed by atoms with E-state index in [2.05, 4.69) is 33.5 Å². The van der Waals surface area contributed by atoms with E-state index in [1.807, 2.05) is 0 Å². The first kappa shape index (κ1) is 9.58. The van der Waals surface area contributed by atoms with Gasteiger partial charge in [-0.3, -0.25) is 10.1 Å². The number of thiocarbonyl (C=S) groups is 1. The zero-order valence-corrected chi connectivity index (χ0v) is 7.75. The molecule has 0 saturated heterocycles. The van der Waals surface area contributed by atoms with Gasteiger partial charge in [-0.25, -0.2) is 0 Å². The van der Waals surface area contributed by atoms with Crippen LogP contribution < -0.4 is 11.1 Å². The van der Waals surface area contributed by atoms with Crippen LogP contribution >= 0.6 is 28.1 Å². The molecule has 0 aromatic rings. The minimum absolute atomic E-state index is 0.0151. The lowest BCUT2D eigenvalue weighted by Gasteiger charge is -1.99. The summed E-state index contributed by atoms with van der Waals surface area (Å²) in [6.45, 7) is 1.64. The molecule has 0 rings (SSSR count). The minimum atomic E-state index is -0.288. The standard InChI is InChI=1S/C5H7BrN2OS/c1-3(2-6)4(9)8-5(7)10/h2H,1H3,(H3,7,8,9,10)/b3-2+. The molecular weight excluding hydrogens is 216 g/mol. The quantitative estimate of drug-likeness (QED) is 0.506. The Morgan fingerprint density at radius 2 is 2.30 bits per heavy atom. The van der Waals surface area contributed by atoms with Crippen LogP contribution in [0.3, 0.4) is 0 Å². The second kappa shape index (κ2) is 4.40. The zero-order chi connectivity index (χ0) is 8.15. The fraction of sp³-hybridized carbons (Fsp3) is 0.200. The molecule has 0 spiro atoms. The van der Waals surface area contributed by atoms with Gasteiger partial charge in [0.15, 0.2) is 5.11 Å². The molecule has 0 heterocycles. The normalized spacial score (nSPS) is 10.8. The molecule has 10 heavy (non-hydrogen) atoms. The first-order valence-electron chi connectivity index (χ1n) is 2.45. The molecular formula is C5H7BrN2OS. The molecule has 3 nitrogen and oxygen atoms in total. The van der Waals surface area contributed by atoms with Crippen LogP contribution in [-0.4, -0.2) is 11.0 Å². The number of nitrogens with two attached hydrogens (primary N) is 1. The van der Waals surface area contributed by atoms with E-state index in [1.165, 1.54) is 4.99 Å². The van der Waals surface area contributed by atoms with Crippen molar-refractivity contribution in [2.45, 2.75) is 6.92 Å². The number of rotatable bonds is 1. The predicted molar refractivity (Wildman–Crippen MR) is 47.6 cm³/mol. The first-order valence-corrected chi connectivity index (χ1v) is 3.78.